The second-order valence-electron chi connectivity index (χ2n) is 4.52. The molecule has 0 saturated heterocycles. The van der Waals surface area contributed by atoms with Crippen LogP contribution in [0, 0.1) is 0 Å². The molecule has 0 amide bonds. The minimum Gasteiger partial charge on any atom is -0.379 e. The summed E-state index contributed by atoms with van der Waals surface area (Å²) in [5.41, 5.74) is 5.42. The number of hydrogen-bond donors (Lipinski definition) is 1. The fraction of sp³-hybridized carbons (Fsp3) is 0.833. The highest BCUT2D eigenvalue weighted by Crippen LogP contribution is 2.23. The van der Waals surface area contributed by atoms with Gasteiger partial charge in [-0.15, -0.1) is 0 Å². The molecule has 1 heterocycles. The van der Waals surface area contributed by atoms with E-state index in [0.717, 1.165) is 12.8 Å². The molecular formula is C12H23N3O2. The van der Waals surface area contributed by atoms with Crippen LogP contribution < -0.4 is 5.73 Å². The predicted molar refractivity (Wildman–Crippen MR) is 65.7 cm³/mol. The van der Waals surface area contributed by atoms with Gasteiger partial charge in [0.2, 0.25) is 5.89 Å². The van der Waals surface area contributed by atoms with Crippen LogP contribution in [0.5, 0.6) is 0 Å². The summed E-state index contributed by atoms with van der Waals surface area (Å²) >= 11 is 0. The molecule has 1 aromatic rings. The molecule has 1 atom stereocenters. The van der Waals surface area contributed by atoms with Crippen LogP contribution in [0.4, 0.5) is 0 Å². The van der Waals surface area contributed by atoms with Gasteiger partial charge in [-0.05, 0) is 26.7 Å². The number of nitrogens with two attached hydrogens (primary N) is 1. The van der Waals surface area contributed by atoms with E-state index in [1.54, 1.807) is 0 Å². The van der Waals surface area contributed by atoms with E-state index in [4.69, 9.17) is 15.0 Å². The summed E-state index contributed by atoms with van der Waals surface area (Å²) in [6.07, 6.45) is 1.98. The summed E-state index contributed by atoms with van der Waals surface area (Å²) in [5.74, 6) is 1.52. The maximum Gasteiger partial charge on any atom is 0.229 e. The molecule has 1 aromatic heterocycles. The molecule has 0 saturated carbocycles. The Balaban J connectivity index is 2.79. The smallest absolute Gasteiger partial charge is 0.229 e. The van der Waals surface area contributed by atoms with Crippen LogP contribution >= 0.6 is 0 Å². The van der Waals surface area contributed by atoms with Gasteiger partial charge in [0, 0.05) is 12.5 Å². The van der Waals surface area contributed by atoms with Gasteiger partial charge < -0.3 is 15.0 Å². The van der Waals surface area contributed by atoms with Crippen molar-refractivity contribution in [2.75, 3.05) is 13.2 Å². The molecule has 0 aliphatic heterocycles. The van der Waals surface area contributed by atoms with Gasteiger partial charge in [-0.3, -0.25) is 0 Å². The molecule has 0 spiro atoms. The van der Waals surface area contributed by atoms with Crippen LogP contribution in [0.1, 0.15) is 58.2 Å². The maximum atomic E-state index is 6.11. The molecule has 1 unspecified atom stereocenters. The van der Waals surface area contributed by atoms with Crippen molar-refractivity contribution in [3.8, 4) is 0 Å². The van der Waals surface area contributed by atoms with E-state index >= 15 is 0 Å². The van der Waals surface area contributed by atoms with Gasteiger partial charge in [0.15, 0.2) is 5.82 Å². The second-order valence-corrected chi connectivity index (χ2v) is 4.52. The van der Waals surface area contributed by atoms with E-state index in [1.807, 2.05) is 13.8 Å². The van der Waals surface area contributed by atoms with Gasteiger partial charge in [-0.25, -0.2) is 0 Å². The third kappa shape index (κ3) is 3.51. The fourth-order valence-corrected chi connectivity index (χ4v) is 1.65. The Hall–Kier alpha value is -0.940. The zero-order valence-corrected chi connectivity index (χ0v) is 11.2. The first-order chi connectivity index (χ1) is 8.05. The van der Waals surface area contributed by atoms with Crippen LogP contribution in [0.25, 0.3) is 0 Å². The second kappa shape index (κ2) is 6.12. The van der Waals surface area contributed by atoms with Crippen LogP contribution in [0.15, 0.2) is 4.52 Å². The molecule has 17 heavy (non-hydrogen) atoms. The maximum absolute atomic E-state index is 6.11. The summed E-state index contributed by atoms with van der Waals surface area (Å²) in [5, 5.41) is 3.97. The highest BCUT2D eigenvalue weighted by molar-refractivity contribution is 5.03. The first kappa shape index (κ1) is 14.1. The number of rotatable bonds is 7. The Labute approximate surface area is 103 Å². The van der Waals surface area contributed by atoms with Gasteiger partial charge in [-0.1, -0.05) is 19.0 Å². The predicted octanol–water partition coefficient (Wildman–Crippen LogP) is 2.18. The van der Waals surface area contributed by atoms with E-state index in [2.05, 4.69) is 24.0 Å². The first-order valence-corrected chi connectivity index (χ1v) is 6.25. The monoisotopic (exact) mass is 241 g/mol. The largest absolute Gasteiger partial charge is 0.379 e. The molecule has 98 valence electrons. The van der Waals surface area contributed by atoms with Crippen molar-refractivity contribution in [1.82, 2.24) is 10.1 Å². The zero-order chi connectivity index (χ0) is 12.9. The zero-order valence-electron chi connectivity index (χ0n) is 11.2. The van der Waals surface area contributed by atoms with Crippen molar-refractivity contribution in [3.05, 3.63) is 11.7 Å². The van der Waals surface area contributed by atoms with Crippen LogP contribution in [0.3, 0.4) is 0 Å². The van der Waals surface area contributed by atoms with E-state index in [-0.39, 0.29) is 0 Å². The van der Waals surface area contributed by atoms with Gasteiger partial charge in [0.25, 0.3) is 0 Å². The van der Waals surface area contributed by atoms with Gasteiger partial charge in [-0.2, -0.15) is 4.98 Å². The van der Waals surface area contributed by atoms with E-state index < -0.39 is 5.54 Å². The van der Waals surface area contributed by atoms with Crippen molar-refractivity contribution < 1.29 is 9.26 Å². The Kier molecular flexibility index (Phi) is 5.08. The van der Waals surface area contributed by atoms with Crippen LogP contribution in [0.2, 0.25) is 0 Å². The molecule has 5 heteroatoms. The molecule has 5 nitrogen and oxygen atoms in total. The minimum absolute atomic E-state index is 0.319. The van der Waals surface area contributed by atoms with Crippen molar-refractivity contribution in [1.29, 1.82) is 0 Å². The highest BCUT2D eigenvalue weighted by atomic mass is 16.5. The molecule has 0 aliphatic rings. The van der Waals surface area contributed by atoms with E-state index in [1.165, 1.54) is 0 Å². The van der Waals surface area contributed by atoms with Gasteiger partial charge in [0.05, 0.1) is 6.61 Å². The quantitative estimate of drug-likeness (QED) is 0.792. The molecule has 0 radical (unpaired) electrons. The fourth-order valence-electron chi connectivity index (χ4n) is 1.65. The molecule has 0 aromatic carbocycles. The molecule has 0 bridgehead atoms. The third-order valence-electron chi connectivity index (χ3n) is 2.89. The number of aromatic nitrogens is 2. The lowest BCUT2D eigenvalue weighted by molar-refractivity contribution is 0.0962. The summed E-state index contributed by atoms with van der Waals surface area (Å²) in [4.78, 5) is 4.39. The average Bonchev–Trinajstić information content (AvgIpc) is 2.78. The topological polar surface area (TPSA) is 74.2 Å². The van der Waals surface area contributed by atoms with Crippen LogP contribution in [-0.2, 0) is 10.3 Å². The lowest BCUT2D eigenvalue weighted by atomic mass is 10.0. The SMILES string of the molecule is CCOCC(C)(N)c1noc(C(CC)CC)n1. The van der Waals surface area contributed by atoms with Crippen molar-refractivity contribution in [3.63, 3.8) is 0 Å². The Morgan fingerprint density at radius 1 is 1.35 bits per heavy atom. The average molecular weight is 241 g/mol. The normalized spacial score (nSPS) is 15.2. The van der Waals surface area contributed by atoms with Crippen molar-refractivity contribution >= 4 is 0 Å². The van der Waals surface area contributed by atoms with Crippen LogP contribution in [-0.4, -0.2) is 23.4 Å². The van der Waals surface area contributed by atoms with Gasteiger partial charge >= 0.3 is 0 Å². The summed E-state index contributed by atoms with van der Waals surface area (Å²) in [7, 11) is 0. The summed E-state index contributed by atoms with van der Waals surface area (Å²) in [6.45, 7) is 9.03. The minimum atomic E-state index is -0.691. The standard InChI is InChI=1S/C12H23N3O2/c1-5-9(6-2)10-14-11(15-17-10)12(4,13)8-16-7-3/h9H,5-8,13H2,1-4H3. The first-order valence-electron chi connectivity index (χ1n) is 6.25. The number of hydrogen-bond acceptors (Lipinski definition) is 5. The summed E-state index contributed by atoms with van der Waals surface area (Å²) in [6, 6.07) is 0. The molecule has 1 rings (SSSR count). The van der Waals surface area contributed by atoms with Crippen molar-refractivity contribution in [2.24, 2.45) is 5.73 Å². The lowest BCUT2D eigenvalue weighted by Crippen LogP contribution is -2.39. The highest BCUT2D eigenvalue weighted by Gasteiger charge is 2.29. The number of ether oxygens (including phenoxy) is 1. The third-order valence-corrected chi connectivity index (χ3v) is 2.89. The van der Waals surface area contributed by atoms with Gasteiger partial charge in [0.1, 0.15) is 5.54 Å². The Morgan fingerprint density at radius 2 is 2.00 bits per heavy atom. The molecular weight excluding hydrogens is 218 g/mol. The molecule has 0 fully saturated rings. The van der Waals surface area contributed by atoms with E-state index in [0.29, 0.717) is 30.8 Å². The Morgan fingerprint density at radius 3 is 2.53 bits per heavy atom. The van der Waals surface area contributed by atoms with Crippen molar-refractivity contribution in [2.45, 2.75) is 52.0 Å². The van der Waals surface area contributed by atoms with E-state index in [9.17, 15) is 0 Å². The number of nitrogens with zero attached hydrogens (tertiary/aromatic N) is 2. The Bertz CT molecular complexity index is 332. The molecule has 0 aliphatic carbocycles. The summed E-state index contributed by atoms with van der Waals surface area (Å²) < 4.78 is 10.6. The molecule has 2 N–H and O–H groups in total. The lowest BCUT2D eigenvalue weighted by Gasteiger charge is -2.19.